The number of hydrogen-bond acceptors (Lipinski definition) is 5. The van der Waals surface area contributed by atoms with E-state index in [-0.39, 0.29) is 30.5 Å². The molecule has 0 aromatic carbocycles. The van der Waals surface area contributed by atoms with Gasteiger partial charge in [-0.3, -0.25) is 9.36 Å². The van der Waals surface area contributed by atoms with Crippen LogP contribution < -0.4 is 0 Å². The number of esters is 1. The van der Waals surface area contributed by atoms with Gasteiger partial charge < -0.3 is 9.63 Å². The predicted molar refractivity (Wildman–Crippen MR) is 85.5 cm³/mol. The predicted octanol–water partition coefficient (Wildman–Crippen LogP) is 3.74. The molecule has 0 aromatic heterocycles. The van der Waals surface area contributed by atoms with E-state index in [1.54, 1.807) is 0 Å². The first-order chi connectivity index (χ1) is 10.1. The topological polar surface area (TPSA) is 82.1 Å². The Morgan fingerprint density at radius 2 is 1.82 bits per heavy atom. The Kier molecular flexibility index (Phi) is 9.47. The highest BCUT2D eigenvalue weighted by Crippen LogP contribution is 2.43. The highest BCUT2D eigenvalue weighted by molar-refractivity contribution is 7.31. The van der Waals surface area contributed by atoms with Gasteiger partial charge in [0.05, 0.1) is 5.41 Å². The zero-order valence-corrected chi connectivity index (χ0v) is 15.6. The van der Waals surface area contributed by atoms with Crippen LogP contribution in [0.25, 0.3) is 0 Å². The van der Waals surface area contributed by atoms with E-state index in [9.17, 15) is 9.36 Å². The van der Waals surface area contributed by atoms with Gasteiger partial charge in [-0.1, -0.05) is 47.5 Å². The maximum Gasteiger partial charge on any atom is 0.344 e. The van der Waals surface area contributed by atoms with E-state index in [4.69, 9.17) is 9.63 Å². The second kappa shape index (κ2) is 9.66. The Labute approximate surface area is 134 Å². The number of ether oxygens (including phenoxy) is 1. The van der Waals surface area contributed by atoms with Crippen molar-refractivity contribution in [3.8, 4) is 0 Å². The lowest BCUT2D eigenvalue weighted by molar-refractivity contribution is -0.218. The molecule has 0 saturated heterocycles. The van der Waals surface area contributed by atoms with Crippen molar-refractivity contribution in [2.75, 3.05) is 13.2 Å². The summed E-state index contributed by atoms with van der Waals surface area (Å²) in [7, 11) is -3.12. The molecule has 22 heavy (non-hydrogen) atoms. The van der Waals surface area contributed by atoms with Gasteiger partial charge in [-0.05, 0) is 24.7 Å². The lowest BCUT2D eigenvalue weighted by Crippen LogP contribution is -2.40. The normalized spacial score (nSPS) is 17.6. The number of carbonyl (C=O) groups excluding carboxylic acids is 1. The van der Waals surface area contributed by atoms with Crippen LogP contribution in [0.1, 0.15) is 60.8 Å². The summed E-state index contributed by atoms with van der Waals surface area (Å²) < 4.78 is 19.7. The fraction of sp³-hybridized carbons (Fsp3) is 0.933. The standard InChI is InChI=1S/C15H31O6P/c1-7-12(3)15(6,11-14(4,5)8-2)13(16)19-9-10-20-21-22(17)18/h12,22H,7-11H2,1-6H3,(H,17,18). The van der Waals surface area contributed by atoms with Crippen LogP contribution in [0, 0.1) is 16.7 Å². The van der Waals surface area contributed by atoms with Crippen LogP contribution in [0.5, 0.6) is 0 Å². The smallest absolute Gasteiger partial charge is 0.344 e. The lowest BCUT2D eigenvalue weighted by Gasteiger charge is -2.39. The van der Waals surface area contributed by atoms with Crippen LogP contribution in [-0.4, -0.2) is 24.1 Å². The van der Waals surface area contributed by atoms with Crippen LogP contribution >= 0.6 is 8.25 Å². The third-order valence-corrected chi connectivity index (χ3v) is 4.76. The van der Waals surface area contributed by atoms with Gasteiger partial charge in [0.2, 0.25) is 0 Å². The first kappa shape index (κ1) is 21.6. The van der Waals surface area contributed by atoms with E-state index < -0.39 is 13.7 Å². The summed E-state index contributed by atoms with van der Waals surface area (Å²) in [5.74, 6) is -0.0690. The van der Waals surface area contributed by atoms with E-state index >= 15 is 0 Å². The van der Waals surface area contributed by atoms with Crippen molar-refractivity contribution in [2.45, 2.75) is 60.8 Å². The Morgan fingerprint density at radius 1 is 1.23 bits per heavy atom. The van der Waals surface area contributed by atoms with Crippen molar-refractivity contribution in [1.82, 2.24) is 0 Å². The van der Waals surface area contributed by atoms with E-state index in [1.165, 1.54) is 0 Å². The fourth-order valence-electron chi connectivity index (χ4n) is 2.44. The van der Waals surface area contributed by atoms with Gasteiger partial charge in [-0.2, -0.15) is 4.67 Å². The molecule has 1 N–H and O–H groups in total. The molecular weight excluding hydrogens is 307 g/mol. The molecule has 0 spiro atoms. The first-order valence-electron chi connectivity index (χ1n) is 7.78. The van der Waals surface area contributed by atoms with Gasteiger partial charge >= 0.3 is 14.2 Å². The van der Waals surface area contributed by atoms with Crippen molar-refractivity contribution < 1.29 is 28.6 Å². The van der Waals surface area contributed by atoms with Crippen LogP contribution in [-0.2, 0) is 23.7 Å². The van der Waals surface area contributed by atoms with Gasteiger partial charge in [-0.15, -0.1) is 0 Å². The lowest BCUT2D eigenvalue weighted by atomic mass is 9.66. The molecule has 6 nitrogen and oxygen atoms in total. The summed E-state index contributed by atoms with van der Waals surface area (Å²) in [6.07, 6.45) is 2.61. The van der Waals surface area contributed by atoms with Gasteiger partial charge in [0, 0.05) is 0 Å². The zero-order valence-electron chi connectivity index (χ0n) is 14.6. The minimum absolute atomic E-state index is 0.00738. The maximum absolute atomic E-state index is 12.5. The molecule has 0 aromatic rings. The first-order valence-corrected chi connectivity index (χ1v) is 9.05. The van der Waals surface area contributed by atoms with Crippen molar-refractivity contribution in [1.29, 1.82) is 0 Å². The number of hydrogen-bond donors (Lipinski definition) is 1. The molecule has 0 aliphatic rings. The molecule has 3 atom stereocenters. The molecule has 0 aliphatic carbocycles. The molecule has 0 fully saturated rings. The largest absolute Gasteiger partial charge is 0.463 e. The third-order valence-electron chi connectivity index (χ3n) is 4.50. The Balaban J connectivity index is 4.68. The summed E-state index contributed by atoms with van der Waals surface area (Å²) in [6, 6.07) is 0. The van der Waals surface area contributed by atoms with Gasteiger partial charge in [0.15, 0.2) is 0 Å². The van der Waals surface area contributed by atoms with Crippen molar-refractivity contribution in [3.63, 3.8) is 0 Å². The average molecular weight is 338 g/mol. The Bertz CT molecular complexity index is 371. The van der Waals surface area contributed by atoms with Gasteiger partial charge in [-0.25, -0.2) is 4.89 Å². The SMILES string of the molecule is CCC(C)C(C)(CC(C)(C)CC)C(=O)OCCOO[PH](=O)O. The fourth-order valence-corrected chi connectivity index (χ4v) is 2.63. The van der Waals surface area contributed by atoms with Crippen molar-refractivity contribution in [2.24, 2.45) is 16.7 Å². The van der Waals surface area contributed by atoms with E-state index in [0.29, 0.717) is 0 Å². The minimum Gasteiger partial charge on any atom is -0.463 e. The highest BCUT2D eigenvalue weighted by atomic mass is 31.1. The van der Waals surface area contributed by atoms with Crippen LogP contribution in [0.3, 0.4) is 0 Å². The van der Waals surface area contributed by atoms with Crippen LogP contribution in [0.4, 0.5) is 0 Å². The molecule has 0 bridgehead atoms. The molecule has 3 unspecified atom stereocenters. The average Bonchev–Trinajstić information content (AvgIpc) is 2.44. The monoisotopic (exact) mass is 338 g/mol. The van der Waals surface area contributed by atoms with Crippen molar-refractivity contribution in [3.05, 3.63) is 0 Å². The van der Waals surface area contributed by atoms with Crippen LogP contribution in [0.15, 0.2) is 0 Å². The molecule has 132 valence electrons. The number of rotatable bonds is 11. The third kappa shape index (κ3) is 7.23. The molecule has 0 saturated carbocycles. The summed E-state index contributed by atoms with van der Waals surface area (Å²) in [5, 5.41) is 0. The summed E-state index contributed by atoms with van der Waals surface area (Å²) >= 11 is 0. The molecular formula is C15H31O6P. The Hall–Kier alpha value is -0.420. The second-order valence-corrected chi connectivity index (χ2v) is 7.43. The van der Waals surface area contributed by atoms with Gasteiger partial charge in [0.1, 0.15) is 13.2 Å². The molecule has 0 aliphatic heterocycles. The quantitative estimate of drug-likeness (QED) is 0.203. The molecule has 7 heteroatoms. The molecule has 0 heterocycles. The number of carbonyl (C=O) groups is 1. The maximum atomic E-state index is 12.5. The van der Waals surface area contributed by atoms with E-state index in [2.05, 4.69) is 44.2 Å². The highest BCUT2D eigenvalue weighted by Gasteiger charge is 2.43. The molecule has 0 rings (SSSR count). The summed E-state index contributed by atoms with van der Waals surface area (Å²) in [6.45, 7) is 12.4. The second-order valence-electron chi connectivity index (χ2n) is 6.73. The summed E-state index contributed by atoms with van der Waals surface area (Å²) in [4.78, 5) is 25.4. The minimum atomic E-state index is -3.12. The van der Waals surface area contributed by atoms with Gasteiger partial charge in [0.25, 0.3) is 0 Å². The van der Waals surface area contributed by atoms with E-state index in [0.717, 1.165) is 19.3 Å². The summed E-state index contributed by atoms with van der Waals surface area (Å²) in [5.41, 5.74) is -0.521. The molecule has 0 radical (unpaired) electrons. The Morgan fingerprint density at radius 3 is 2.27 bits per heavy atom. The molecule has 0 amide bonds. The zero-order chi connectivity index (χ0) is 17.4. The van der Waals surface area contributed by atoms with Crippen LogP contribution in [0.2, 0.25) is 0 Å². The van der Waals surface area contributed by atoms with Crippen molar-refractivity contribution >= 4 is 14.2 Å². The van der Waals surface area contributed by atoms with E-state index in [1.807, 2.05) is 6.92 Å².